The third-order valence-electron chi connectivity index (χ3n) is 3.63. The van der Waals surface area contributed by atoms with Gasteiger partial charge in [-0.2, -0.15) is 0 Å². The van der Waals surface area contributed by atoms with Crippen molar-refractivity contribution in [3.05, 3.63) is 41.1 Å². The summed E-state index contributed by atoms with van der Waals surface area (Å²) >= 11 is 0. The quantitative estimate of drug-likeness (QED) is 0.775. The topological polar surface area (TPSA) is 76.7 Å². The molecule has 2 N–H and O–H groups in total. The first-order chi connectivity index (χ1) is 11.8. The van der Waals surface area contributed by atoms with Gasteiger partial charge >= 0.3 is 12.0 Å². The molecular formula is C19H26N2O4. The first kappa shape index (κ1) is 18.8. The number of carbonyl (C=O) groups is 2. The number of rotatable bonds is 6. The van der Waals surface area contributed by atoms with Crippen LogP contribution in [0.25, 0.3) is 0 Å². The molecule has 6 heteroatoms. The molecule has 1 aliphatic rings. The summed E-state index contributed by atoms with van der Waals surface area (Å²) < 4.78 is 11.2. The number of para-hydroxylation sites is 1. The fourth-order valence-electron chi connectivity index (χ4n) is 2.60. The van der Waals surface area contributed by atoms with Crippen LogP contribution in [-0.4, -0.2) is 24.7 Å². The third-order valence-corrected chi connectivity index (χ3v) is 3.63. The van der Waals surface area contributed by atoms with Crippen LogP contribution in [0.3, 0.4) is 0 Å². The summed E-state index contributed by atoms with van der Waals surface area (Å²) in [5, 5.41) is 5.45. The molecule has 25 heavy (non-hydrogen) atoms. The Morgan fingerprint density at radius 2 is 1.88 bits per heavy atom. The Bertz CT molecular complexity index is 680. The zero-order valence-corrected chi connectivity index (χ0v) is 15.4. The fraction of sp³-hybridized carbons (Fsp3) is 0.474. The van der Waals surface area contributed by atoms with Crippen LogP contribution in [0.4, 0.5) is 4.79 Å². The molecule has 2 rings (SSSR count). The van der Waals surface area contributed by atoms with E-state index in [2.05, 4.69) is 10.6 Å². The second-order valence-electron chi connectivity index (χ2n) is 6.77. The molecule has 0 aliphatic carbocycles. The lowest BCUT2D eigenvalue weighted by Crippen LogP contribution is -2.45. The number of hydrogen-bond donors (Lipinski definition) is 2. The van der Waals surface area contributed by atoms with Gasteiger partial charge in [-0.05, 0) is 32.8 Å². The predicted molar refractivity (Wildman–Crippen MR) is 95.1 cm³/mol. The molecule has 0 radical (unpaired) electrons. The van der Waals surface area contributed by atoms with Crippen LogP contribution < -0.4 is 15.4 Å². The maximum absolute atomic E-state index is 12.6. The SMILES string of the molecule is CC1=C(C(=O)OCC(C)C)[C@H](c2ccccc2OC(C)C)NC(=O)N1. The van der Waals surface area contributed by atoms with E-state index in [9.17, 15) is 9.59 Å². The molecule has 0 saturated heterocycles. The summed E-state index contributed by atoms with van der Waals surface area (Å²) in [5.41, 5.74) is 1.60. The van der Waals surface area contributed by atoms with E-state index in [4.69, 9.17) is 9.47 Å². The average Bonchev–Trinajstić information content (AvgIpc) is 2.51. The molecule has 1 atom stereocenters. The van der Waals surface area contributed by atoms with Gasteiger partial charge in [0.25, 0.3) is 0 Å². The van der Waals surface area contributed by atoms with E-state index in [0.29, 0.717) is 23.6 Å². The number of allylic oxidation sites excluding steroid dienone is 1. The number of hydrogen-bond acceptors (Lipinski definition) is 4. The van der Waals surface area contributed by atoms with Crippen molar-refractivity contribution < 1.29 is 19.1 Å². The molecule has 6 nitrogen and oxygen atoms in total. The van der Waals surface area contributed by atoms with Gasteiger partial charge in [0, 0.05) is 11.3 Å². The molecule has 0 spiro atoms. The molecule has 1 aromatic rings. The van der Waals surface area contributed by atoms with Gasteiger partial charge in [-0.3, -0.25) is 0 Å². The van der Waals surface area contributed by atoms with Crippen molar-refractivity contribution in [1.29, 1.82) is 0 Å². The Hall–Kier alpha value is -2.50. The van der Waals surface area contributed by atoms with Crippen LogP contribution in [0.1, 0.15) is 46.2 Å². The second-order valence-corrected chi connectivity index (χ2v) is 6.77. The molecule has 0 unspecified atom stereocenters. The maximum Gasteiger partial charge on any atom is 0.338 e. The normalized spacial score (nSPS) is 17.4. The van der Waals surface area contributed by atoms with Gasteiger partial charge in [-0.1, -0.05) is 32.0 Å². The van der Waals surface area contributed by atoms with Gasteiger partial charge in [-0.25, -0.2) is 9.59 Å². The van der Waals surface area contributed by atoms with Gasteiger partial charge in [0.05, 0.1) is 24.3 Å². The molecule has 136 valence electrons. The molecule has 1 aliphatic heterocycles. The Kier molecular flexibility index (Phi) is 6.07. The standard InChI is InChI=1S/C19H26N2O4/c1-11(2)10-24-18(22)16-13(5)20-19(23)21-17(16)14-8-6-7-9-15(14)25-12(3)4/h6-9,11-12,17H,10H2,1-5H3,(H2,20,21,23)/t17-/m0/s1. The van der Waals surface area contributed by atoms with E-state index in [1.54, 1.807) is 6.92 Å². The average molecular weight is 346 g/mol. The zero-order valence-electron chi connectivity index (χ0n) is 15.4. The lowest BCUT2D eigenvalue weighted by molar-refractivity contribution is -0.140. The minimum Gasteiger partial charge on any atom is -0.491 e. The number of urea groups is 1. The Balaban J connectivity index is 2.41. The predicted octanol–water partition coefficient (Wildman–Crippen LogP) is 3.30. The van der Waals surface area contributed by atoms with E-state index in [-0.39, 0.29) is 18.1 Å². The fourth-order valence-corrected chi connectivity index (χ4v) is 2.60. The number of nitrogens with one attached hydrogen (secondary N) is 2. The van der Waals surface area contributed by atoms with Gasteiger partial charge in [0.2, 0.25) is 0 Å². The lowest BCUT2D eigenvalue weighted by Gasteiger charge is -2.29. The first-order valence-electron chi connectivity index (χ1n) is 8.50. The number of amides is 2. The van der Waals surface area contributed by atoms with Crippen LogP contribution in [0.15, 0.2) is 35.5 Å². The molecule has 1 heterocycles. The van der Waals surface area contributed by atoms with Crippen molar-refractivity contribution in [3.8, 4) is 5.75 Å². The molecule has 1 aromatic carbocycles. The zero-order chi connectivity index (χ0) is 18.6. The van der Waals surface area contributed by atoms with Crippen molar-refractivity contribution in [2.24, 2.45) is 5.92 Å². The molecule has 0 saturated carbocycles. The van der Waals surface area contributed by atoms with Gasteiger partial charge in [0.1, 0.15) is 5.75 Å². The van der Waals surface area contributed by atoms with Crippen LogP contribution in [0.5, 0.6) is 5.75 Å². The summed E-state index contributed by atoms with van der Waals surface area (Å²) in [7, 11) is 0. The highest BCUT2D eigenvalue weighted by Crippen LogP contribution is 2.34. The van der Waals surface area contributed by atoms with Crippen molar-refractivity contribution in [1.82, 2.24) is 10.6 Å². The highest BCUT2D eigenvalue weighted by Gasteiger charge is 2.34. The maximum atomic E-state index is 12.6. The number of carbonyl (C=O) groups excluding carboxylic acids is 2. The van der Waals surface area contributed by atoms with Crippen LogP contribution in [0, 0.1) is 5.92 Å². The first-order valence-corrected chi connectivity index (χ1v) is 8.50. The molecular weight excluding hydrogens is 320 g/mol. The highest BCUT2D eigenvalue weighted by atomic mass is 16.5. The Labute approximate surface area is 148 Å². The van der Waals surface area contributed by atoms with E-state index < -0.39 is 12.0 Å². The molecule has 2 amide bonds. The summed E-state index contributed by atoms with van der Waals surface area (Å²) in [6.07, 6.45) is -0.0278. The monoisotopic (exact) mass is 346 g/mol. The third kappa shape index (κ3) is 4.75. The summed E-state index contributed by atoms with van der Waals surface area (Å²) in [6.45, 7) is 9.81. The molecule has 0 bridgehead atoms. The second kappa shape index (κ2) is 8.05. The number of ether oxygens (including phenoxy) is 2. The number of benzene rings is 1. The summed E-state index contributed by atoms with van der Waals surface area (Å²) in [4.78, 5) is 24.6. The summed E-state index contributed by atoms with van der Waals surface area (Å²) in [6, 6.07) is 6.40. The van der Waals surface area contributed by atoms with E-state index >= 15 is 0 Å². The van der Waals surface area contributed by atoms with Crippen LogP contribution in [-0.2, 0) is 9.53 Å². The number of esters is 1. The minimum absolute atomic E-state index is 0.0278. The van der Waals surface area contributed by atoms with Crippen LogP contribution >= 0.6 is 0 Å². The Morgan fingerprint density at radius 3 is 2.52 bits per heavy atom. The van der Waals surface area contributed by atoms with Crippen molar-refractivity contribution in [2.75, 3.05) is 6.61 Å². The van der Waals surface area contributed by atoms with E-state index in [1.807, 2.05) is 52.0 Å². The molecule has 0 aromatic heterocycles. The van der Waals surface area contributed by atoms with E-state index in [0.717, 1.165) is 5.56 Å². The lowest BCUT2D eigenvalue weighted by atomic mass is 9.94. The van der Waals surface area contributed by atoms with Crippen molar-refractivity contribution in [2.45, 2.75) is 46.8 Å². The van der Waals surface area contributed by atoms with Gasteiger partial charge in [-0.15, -0.1) is 0 Å². The van der Waals surface area contributed by atoms with Gasteiger partial charge < -0.3 is 20.1 Å². The smallest absolute Gasteiger partial charge is 0.338 e. The molecule has 0 fully saturated rings. The van der Waals surface area contributed by atoms with Gasteiger partial charge in [0.15, 0.2) is 0 Å². The highest BCUT2D eigenvalue weighted by molar-refractivity contribution is 5.95. The van der Waals surface area contributed by atoms with E-state index in [1.165, 1.54) is 0 Å². The Morgan fingerprint density at radius 1 is 1.20 bits per heavy atom. The van der Waals surface area contributed by atoms with Crippen LogP contribution in [0.2, 0.25) is 0 Å². The largest absolute Gasteiger partial charge is 0.491 e. The summed E-state index contributed by atoms with van der Waals surface area (Å²) in [5.74, 6) is 0.417. The minimum atomic E-state index is -0.622. The van der Waals surface area contributed by atoms with Crippen molar-refractivity contribution in [3.63, 3.8) is 0 Å². The van der Waals surface area contributed by atoms with Crippen molar-refractivity contribution >= 4 is 12.0 Å².